The van der Waals surface area contributed by atoms with E-state index < -0.39 is 0 Å². The number of anilines is 1. The van der Waals surface area contributed by atoms with Crippen LogP contribution in [0.3, 0.4) is 0 Å². The third-order valence-corrected chi connectivity index (χ3v) is 4.35. The molecule has 0 spiro atoms. The first-order chi connectivity index (χ1) is 11.8. The number of nitrogens with one attached hydrogen (secondary N) is 1. The van der Waals surface area contributed by atoms with Crippen molar-refractivity contribution in [1.82, 2.24) is 9.78 Å². The summed E-state index contributed by atoms with van der Waals surface area (Å²) in [5, 5.41) is 8.02. The third-order valence-electron chi connectivity index (χ3n) is 4.35. The van der Waals surface area contributed by atoms with Gasteiger partial charge >= 0.3 is 0 Å². The second kappa shape index (κ2) is 6.00. The van der Waals surface area contributed by atoms with Gasteiger partial charge in [-0.15, -0.1) is 0 Å². The summed E-state index contributed by atoms with van der Waals surface area (Å²) < 4.78 is 21.0. The molecule has 1 aliphatic heterocycles. The summed E-state index contributed by atoms with van der Waals surface area (Å²) in [5.41, 5.74) is 3.80. The van der Waals surface area contributed by atoms with Crippen molar-refractivity contribution < 1.29 is 9.13 Å². The maximum absolute atomic E-state index is 14.2. The molecule has 0 bridgehead atoms. The Bertz CT molecular complexity index is 871. The molecule has 0 unspecified atom stereocenters. The average Bonchev–Trinajstić information content (AvgIpc) is 3.20. The van der Waals surface area contributed by atoms with Gasteiger partial charge in [0.15, 0.2) is 0 Å². The first-order valence-corrected chi connectivity index (χ1v) is 7.99. The second-order valence-corrected chi connectivity index (χ2v) is 5.84. The van der Waals surface area contributed by atoms with Gasteiger partial charge < -0.3 is 10.1 Å². The predicted octanol–water partition coefficient (Wildman–Crippen LogP) is 3.58. The lowest BCUT2D eigenvalue weighted by Gasteiger charge is -2.07. The minimum atomic E-state index is -0.271. The first kappa shape index (κ1) is 14.8. The van der Waals surface area contributed by atoms with Gasteiger partial charge in [0.2, 0.25) is 0 Å². The molecule has 2 aromatic carbocycles. The Morgan fingerprint density at radius 1 is 1.17 bits per heavy atom. The molecule has 0 aliphatic carbocycles. The summed E-state index contributed by atoms with van der Waals surface area (Å²) >= 11 is 0. The molecular formula is C19H18FN3O. The van der Waals surface area contributed by atoms with Crippen molar-refractivity contribution in [3.63, 3.8) is 0 Å². The van der Waals surface area contributed by atoms with Gasteiger partial charge in [-0.25, -0.2) is 9.07 Å². The number of methoxy groups -OCH3 is 1. The smallest absolute Gasteiger partial charge is 0.148 e. The van der Waals surface area contributed by atoms with Crippen molar-refractivity contribution in [1.29, 1.82) is 0 Å². The summed E-state index contributed by atoms with van der Waals surface area (Å²) in [5.74, 6) is 1.47. The van der Waals surface area contributed by atoms with E-state index in [4.69, 9.17) is 4.74 Å². The van der Waals surface area contributed by atoms with E-state index in [1.165, 1.54) is 11.6 Å². The molecule has 1 aliphatic rings. The normalized spacial score (nSPS) is 12.8. The Labute approximate surface area is 139 Å². The topological polar surface area (TPSA) is 39.1 Å². The van der Waals surface area contributed by atoms with Crippen molar-refractivity contribution in [2.75, 3.05) is 19.0 Å². The number of benzene rings is 2. The van der Waals surface area contributed by atoms with Crippen LogP contribution < -0.4 is 10.1 Å². The van der Waals surface area contributed by atoms with Crippen LogP contribution in [0.25, 0.3) is 5.69 Å². The third kappa shape index (κ3) is 2.52. The highest BCUT2D eigenvalue weighted by Gasteiger charge is 2.24. The van der Waals surface area contributed by atoms with Crippen LogP contribution in [0, 0.1) is 5.82 Å². The summed E-state index contributed by atoms with van der Waals surface area (Å²) in [6.45, 7) is 0.858. The van der Waals surface area contributed by atoms with Crippen LogP contribution in [-0.4, -0.2) is 23.4 Å². The van der Waals surface area contributed by atoms with E-state index in [2.05, 4.69) is 10.4 Å². The number of hydrogen-bond donors (Lipinski definition) is 1. The zero-order valence-corrected chi connectivity index (χ0v) is 13.4. The van der Waals surface area contributed by atoms with Crippen LogP contribution in [-0.2, 0) is 12.8 Å². The molecule has 0 radical (unpaired) electrons. The minimum absolute atomic E-state index is 0.271. The van der Waals surface area contributed by atoms with E-state index in [0.29, 0.717) is 5.69 Å². The molecule has 5 heteroatoms. The summed E-state index contributed by atoms with van der Waals surface area (Å²) in [4.78, 5) is 0. The van der Waals surface area contributed by atoms with Gasteiger partial charge in [-0.05, 0) is 36.2 Å². The van der Waals surface area contributed by atoms with E-state index in [9.17, 15) is 4.39 Å². The van der Waals surface area contributed by atoms with E-state index in [-0.39, 0.29) is 5.82 Å². The summed E-state index contributed by atoms with van der Waals surface area (Å²) in [6.07, 6.45) is 1.63. The van der Waals surface area contributed by atoms with Crippen LogP contribution in [0.15, 0.2) is 48.5 Å². The number of hydrogen-bond acceptors (Lipinski definition) is 3. The van der Waals surface area contributed by atoms with Crippen LogP contribution in [0.2, 0.25) is 0 Å². The Kier molecular flexibility index (Phi) is 3.69. The molecule has 0 amide bonds. The van der Waals surface area contributed by atoms with Gasteiger partial charge in [-0.2, -0.15) is 5.10 Å². The second-order valence-electron chi connectivity index (χ2n) is 5.84. The molecule has 2 heterocycles. The Morgan fingerprint density at radius 3 is 2.71 bits per heavy atom. The van der Waals surface area contributed by atoms with Crippen molar-refractivity contribution in [3.05, 3.63) is 71.2 Å². The highest BCUT2D eigenvalue weighted by atomic mass is 19.1. The fourth-order valence-corrected chi connectivity index (χ4v) is 3.12. The van der Waals surface area contributed by atoms with Crippen molar-refractivity contribution in [3.8, 4) is 11.4 Å². The summed E-state index contributed by atoms with van der Waals surface area (Å²) in [6, 6.07) is 14.7. The summed E-state index contributed by atoms with van der Waals surface area (Å²) in [7, 11) is 1.66. The van der Waals surface area contributed by atoms with Crippen molar-refractivity contribution in [2.45, 2.75) is 12.8 Å². The lowest BCUT2D eigenvalue weighted by Crippen LogP contribution is -2.06. The molecule has 4 nitrogen and oxygen atoms in total. The highest BCUT2D eigenvalue weighted by molar-refractivity contribution is 5.58. The average molecular weight is 323 g/mol. The van der Waals surface area contributed by atoms with Crippen LogP contribution >= 0.6 is 0 Å². The lowest BCUT2D eigenvalue weighted by molar-refractivity contribution is 0.414. The highest BCUT2D eigenvalue weighted by Crippen LogP contribution is 2.30. The van der Waals surface area contributed by atoms with Crippen LogP contribution in [0.4, 0.5) is 10.2 Å². The van der Waals surface area contributed by atoms with E-state index >= 15 is 0 Å². The van der Waals surface area contributed by atoms with E-state index in [0.717, 1.165) is 42.2 Å². The molecule has 24 heavy (non-hydrogen) atoms. The molecule has 4 rings (SSSR count). The maximum atomic E-state index is 14.2. The zero-order valence-electron chi connectivity index (χ0n) is 13.4. The largest absolute Gasteiger partial charge is 0.497 e. The quantitative estimate of drug-likeness (QED) is 0.798. The van der Waals surface area contributed by atoms with Gasteiger partial charge in [0, 0.05) is 18.5 Å². The number of para-hydroxylation sites is 1. The molecule has 0 atom stereocenters. The SMILES string of the molecule is COc1ccc(Cc2nn(-c3ccccc3F)c3c2CCN3)cc1. The van der Waals surface area contributed by atoms with Gasteiger partial charge in [0.1, 0.15) is 23.1 Å². The number of ether oxygens (including phenoxy) is 1. The van der Waals surface area contributed by atoms with Gasteiger partial charge in [0.05, 0.1) is 12.8 Å². The fraction of sp³-hybridized carbons (Fsp3) is 0.211. The Morgan fingerprint density at radius 2 is 1.96 bits per heavy atom. The molecule has 0 saturated carbocycles. The van der Waals surface area contributed by atoms with Gasteiger partial charge in [0.25, 0.3) is 0 Å². The van der Waals surface area contributed by atoms with Crippen molar-refractivity contribution in [2.24, 2.45) is 0 Å². The monoisotopic (exact) mass is 323 g/mol. The Balaban J connectivity index is 1.72. The maximum Gasteiger partial charge on any atom is 0.148 e. The van der Waals surface area contributed by atoms with Crippen molar-refractivity contribution >= 4 is 5.82 Å². The zero-order chi connectivity index (χ0) is 16.5. The number of rotatable bonds is 4. The standard InChI is InChI=1S/C19H18FN3O/c1-24-14-8-6-13(7-9-14)12-17-15-10-11-21-19(15)23(22-17)18-5-3-2-4-16(18)20/h2-9,21H,10-12H2,1H3. The molecular weight excluding hydrogens is 305 g/mol. The van der Waals surface area contributed by atoms with E-state index in [1.54, 1.807) is 23.9 Å². The van der Waals surface area contributed by atoms with Gasteiger partial charge in [-0.3, -0.25) is 0 Å². The molecule has 122 valence electrons. The fourth-order valence-electron chi connectivity index (χ4n) is 3.12. The molecule has 0 saturated heterocycles. The first-order valence-electron chi connectivity index (χ1n) is 7.99. The Hall–Kier alpha value is -2.82. The molecule has 0 fully saturated rings. The number of halogens is 1. The van der Waals surface area contributed by atoms with Crippen LogP contribution in [0.5, 0.6) is 5.75 Å². The lowest BCUT2D eigenvalue weighted by atomic mass is 10.1. The van der Waals surface area contributed by atoms with Crippen LogP contribution in [0.1, 0.15) is 16.8 Å². The minimum Gasteiger partial charge on any atom is -0.497 e. The van der Waals surface area contributed by atoms with E-state index in [1.807, 2.05) is 30.3 Å². The van der Waals surface area contributed by atoms with Gasteiger partial charge in [-0.1, -0.05) is 24.3 Å². The molecule has 3 aromatic rings. The number of aromatic nitrogens is 2. The predicted molar refractivity (Wildman–Crippen MR) is 91.5 cm³/mol. The molecule has 1 N–H and O–H groups in total. The molecule has 1 aromatic heterocycles. The number of nitrogens with zero attached hydrogens (tertiary/aromatic N) is 2. The number of fused-ring (bicyclic) bond motifs is 1.